The van der Waals surface area contributed by atoms with Crippen molar-refractivity contribution in [3.63, 3.8) is 0 Å². The molecule has 1 aliphatic rings. The maximum absolute atomic E-state index is 14.5. The number of fused-ring (bicyclic) bond motifs is 1. The van der Waals surface area contributed by atoms with Crippen LogP contribution in [0.4, 0.5) is 4.39 Å². The fourth-order valence-corrected chi connectivity index (χ4v) is 4.53. The number of carbonyl (C=O) groups is 1. The number of hydrogen-bond acceptors (Lipinski definition) is 5. The van der Waals surface area contributed by atoms with Crippen LogP contribution in [0.3, 0.4) is 0 Å². The highest BCUT2D eigenvalue weighted by Crippen LogP contribution is 2.35. The summed E-state index contributed by atoms with van der Waals surface area (Å²) in [6.45, 7) is 6.87. The van der Waals surface area contributed by atoms with Crippen LogP contribution in [0.2, 0.25) is 0 Å². The number of amides is 1. The summed E-state index contributed by atoms with van der Waals surface area (Å²) in [7, 11) is 1.41. The second-order valence-electron chi connectivity index (χ2n) is 8.48. The molecule has 3 heterocycles. The van der Waals surface area contributed by atoms with E-state index in [-0.39, 0.29) is 23.4 Å². The number of benzene rings is 2. The summed E-state index contributed by atoms with van der Waals surface area (Å²) in [5, 5.41) is 5.90. The lowest BCUT2D eigenvalue weighted by atomic mass is 10.1. The van der Waals surface area contributed by atoms with Crippen LogP contribution in [0.15, 0.2) is 67.5 Å². The molecule has 0 radical (unpaired) electrons. The van der Waals surface area contributed by atoms with Gasteiger partial charge in [0.2, 0.25) is 11.7 Å². The molecular weight excluding hydrogens is 447 g/mol. The molecule has 178 valence electrons. The Hall–Kier alpha value is -4.20. The molecule has 35 heavy (non-hydrogen) atoms. The van der Waals surface area contributed by atoms with E-state index in [1.54, 1.807) is 35.2 Å². The van der Waals surface area contributed by atoms with Crippen molar-refractivity contribution in [3.05, 3.63) is 78.9 Å². The minimum absolute atomic E-state index is 0.0642. The average molecular weight is 473 g/mol. The number of methoxy groups -OCH3 is 1. The summed E-state index contributed by atoms with van der Waals surface area (Å²) >= 11 is 0. The molecule has 8 heteroatoms. The highest BCUT2D eigenvalue weighted by molar-refractivity contribution is 5.94. The maximum Gasteiger partial charge on any atom is 0.246 e. The monoisotopic (exact) mass is 472 g/mol. The normalized spacial score (nSPS) is 15.4. The van der Waals surface area contributed by atoms with Crippen molar-refractivity contribution in [2.24, 2.45) is 0 Å². The minimum atomic E-state index is -0.550. The topological polar surface area (TPSA) is 69.5 Å². The molecule has 2 aromatic heterocycles. The predicted molar refractivity (Wildman–Crippen MR) is 131 cm³/mol. The van der Waals surface area contributed by atoms with Crippen molar-refractivity contribution in [1.29, 1.82) is 0 Å². The van der Waals surface area contributed by atoms with Gasteiger partial charge in [0, 0.05) is 36.4 Å². The lowest BCUT2D eigenvalue weighted by molar-refractivity contribution is -0.125. The largest absolute Gasteiger partial charge is 0.494 e. The molecule has 0 N–H and O–H groups in total. The van der Waals surface area contributed by atoms with E-state index in [1.165, 1.54) is 13.2 Å². The highest BCUT2D eigenvalue weighted by atomic mass is 19.1. The molecule has 1 amide bonds. The molecule has 0 saturated carbocycles. The fraction of sp³-hybridized carbons (Fsp3) is 0.222. The van der Waals surface area contributed by atoms with Gasteiger partial charge >= 0.3 is 0 Å². The van der Waals surface area contributed by atoms with Crippen molar-refractivity contribution < 1.29 is 18.7 Å². The number of aryl methyl sites for hydroxylation is 1. The zero-order valence-corrected chi connectivity index (χ0v) is 19.6. The first-order chi connectivity index (χ1) is 17.0. The van der Waals surface area contributed by atoms with Crippen LogP contribution in [0, 0.1) is 12.7 Å². The van der Waals surface area contributed by atoms with Crippen molar-refractivity contribution in [2.45, 2.75) is 19.4 Å². The van der Waals surface area contributed by atoms with Crippen LogP contribution in [0.1, 0.15) is 18.0 Å². The molecule has 1 aliphatic heterocycles. The molecule has 7 nitrogen and oxygen atoms in total. The van der Waals surface area contributed by atoms with Gasteiger partial charge in [-0.3, -0.25) is 14.5 Å². The van der Waals surface area contributed by atoms with Crippen molar-refractivity contribution >= 4 is 16.8 Å². The number of likely N-dealkylation sites (tertiary alicyclic amines) is 1. The first-order valence-corrected chi connectivity index (χ1v) is 11.3. The van der Waals surface area contributed by atoms with Crippen LogP contribution in [0.5, 0.6) is 17.2 Å². The van der Waals surface area contributed by atoms with Gasteiger partial charge in [0.05, 0.1) is 18.7 Å². The molecule has 0 aliphatic carbocycles. The third kappa shape index (κ3) is 4.12. The summed E-state index contributed by atoms with van der Waals surface area (Å²) < 4.78 is 27.3. The molecular formula is C27H25FN4O3. The minimum Gasteiger partial charge on any atom is -0.494 e. The Kier molecular flexibility index (Phi) is 5.94. The highest BCUT2D eigenvalue weighted by Gasteiger charge is 2.29. The van der Waals surface area contributed by atoms with Gasteiger partial charge in [-0.2, -0.15) is 9.49 Å². The number of ether oxygens (including phenoxy) is 2. The standard InChI is InChI=1S/C27H25FN4O3/c1-4-24(33)31-13-12-19(16-31)32-27-17(2)14-29-15-21(27)26(30-32)18-8-10-20(11-9-18)35-23-7-5-6-22(34-3)25(23)28/h4-11,14-15,19H,1,12-13,16H2,2-3H3. The molecule has 1 fully saturated rings. The van der Waals surface area contributed by atoms with Gasteiger partial charge in [0.15, 0.2) is 11.5 Å². The Morgan fingerprint density at radius 2 is 1.94 bits per heavy atom. The van der Waals surface area contributed by atoms with E-state index < -0.39 is 5.82 Å². The lowest BCUT2D eigenvalue weighted by Crippen LogP contribution is -2.27. The van der Waals surface area contributed by atoms with Crippen molar-refractivity contribution in [3.8, 4) is 28.5 Å². The van der Waals surface area contributed by atoms with Gasteiger partial charge in [-0.15, -0.1) is 0 Å². The molecule has 1 saturated heterocycles. The first-order valence-electron chi connectivity index (χ1n) is 11.3. The van der Waals surface area contributed by atoms with Crippen molar-refractivity contribution in [2.75, 3.05) is 20.2 Å². The van der Waals surface area contributed by atoms with E-state index in [1.807, 2.05) is 36.1 Å². The van der Waals surface area contributed by atoms with Crippen LogP contribution >= 0.6 is 0 Å². The molecule has 2 aromatic carbocycles. The van der Waals surface area contributed by atoms with Crippen molar-refractivity contribution in [1.82, 2.24) is 19.7 Å². The summed E-state index contributed by atoms with van der Waals surface area (Å²) in [5.74, 6) is 0.0932. The van der Waals surface area contributed by atoms with Gasteiger partial charge in [0.25, 0.3) is 0 Å². The molecule has 0 bridgehead atoms. The fourth-order valence-electron chi connectivity index (χ4n) is 4.53. The van der Waals surface area contributed by atoms with Crippen LogP contribution in [0.25, 0.3) is 22.2 Å². The zero-order valence-electron chi connectivity index (χ0n) is 19.6. The Labute approximate surface area is 202 Å². The molecule has 4 aromatic rings. The summed E-state index contributed by atoms with van der Waals surface area (Å²) in [5.41, 5.74) is 3.70. The smallest absolute Gasteiger partial charge is 0.246 e. The quantitative estimate of drug-likeness (QED) is 0.356. The van der Waals surface area contributed by atoms with E-state index in [4.69, 9.17) is 14.6 Å². The lowest BCUT2D eigenvalue weighted by Gasteiger charge is -2.15. The van der Waals surface area contributed by atoms with E-state index in [9.17, 15) is 9.18 Å². The number of aromatic nitrogens is 3. The molecule has 0 spiro atoms. The zero-order chi connectivity index (χ0) is 24.5. The number of carbonyl (C=O) groups excluding carboxylic acids is 1. The maximum atomic E-state index is 14.5. The summed E-state index contributed by atoms with van der Waals surface area (Å²) in [6, 6.07) is 12.2. The average Bonchev–Trinajstić information content (AvgIpc) is 3.51. The Morgan fingerprint density at radius 1 is 1.17 bits per heavy atom. The van der Waals surface area contributed by atoms with Crippen LogP contribution in [-0.4, -0.2) is 45.8 Å². The van der Waals surface area contributed by atoms with Gasteiger partial charge < -0.3 is 14.4 Å². The van der Waals surface area contributed by atoms with E-state index in [0.29, 0.717) is 18.8 Å². The molecule has 1 unspecified atom stereocenters. The Bertz CT molecular complexity index is 1410. The second kappa shape index (κ2) is 9.21. The number of rotatable bonds is 6. The van der Waals surface area contributed by atoms with E-state index >= 15 is 0 Å². The SMILES string of the molecule is C=CC(=O)N1CCC(n2nc(-c3ccc(Oc4cccc(OC)c4F)cc3)c3cncc(C)c32)C1. The first kappa shape index (κ1) is 22.6. The van der Waals surface area contributed by atoms with E-state index in [0.717, 1.165) is 34.1 Å². The van der Waals surface area contributed by atoms with Crippen LogP contribution < -0.4 is 9.47 Å². The number of hydrogen-bond donors (Lipinski definition) is 0. The van der Waals surface area contributed by atoms with Gasteiger partial charge in [-0.05, 0) is 61.4 Å². The Morgan fingerprint density at radius 3 is 2.69 bits per heavy atom. The third-order valence-corrected chi connectivity index (χ3v) is 6.29. The van der Waals surface area contributed by atoms with Crippen LogP contribution in [-0.2, 0) is 4.79 Å². The summed E-state index contributed by atoms with van der Waals surface area (Å²) in [6.07, 6.45) is 5.81. The van der Waals surface area contributed by atoms with E-state index in [2.05, 4.69) is 11.6 Å². The number of pyridine rings is 1. The number of nitrogens with zero attached hydrogens (tertiary/aromatic N) is 4. The van der Waals surface area contributed by atoms with Gasteiger partial charge in [-0.1, -0.05) is 12.6 Å². The second-order valence-corrected chi connectivity index (χ2v) is 8.48. The number of halogens is 1. The molecule has 1 atom stereocenters. The predicted octanol–water partition coefficient (Wildman–Crippen LogP) is 5.31. The Balaban J connectivity index is 1.47. The third-order valence-electron chi connectivity index (χ3n) is 6.29. The molecule has 5 rings (SSSR count). The van der Waals surface area contributed by atoms with Gasteiger partial charge in [0.1, 0.15) is 11.4 Å². The van der Waals surface area contributed by atoms with Gasteiger partial charge in [-0.25, -0.2) is 0 Å². The summed E-state index contributed by atoms with van der Waals surface area (Å²) in [4.78, 5) is 18.3.